The summed E-state index contributed by atoms with van der Waals surface area (Å²) in [6, 6.07) is 30.2. The SMILES string of the molecule is CC(=O)Nc1ccc(SC[C@H]2C[C@@H](c3ccc(CO)cc3)O[C@@H](c3ccc(NC(=O)CCCCCC(=O)Nc4ccccc4N)cc3)O2)cc1. The quantitative estimate of drug-likeness (QED) is 0.0485. The van der Waals surface area contributed by atoms with Crippen LogP contribution in [0, 0.1) is 0 Å². The Morgan fingerprint density at radius 3 is 2.04 bits per heavy atom. The molecule has 11 heteroatoms. The average Bonchev–Trinajstić information content (AvgIpc) is 3.12. The van der Waals surface area contributed by atoms with Gasteiger partial charge in [0.1, 0.15) is 0 Å². The maximum absolute atomic E-state index is 12.6. The van der Waals surface area contributed by atoms with Gasteiger partial charge in [-0.2, -0.15) is 0 Å². The van der Waals surface area contributed by atoms with Crippen molar-refractivity contribution in [2.45, 2.75) is 75.4 Å². The molecule has 3 amide bonds. The Hall–Kier alpha value is -4.68. The molecule has 0 radical (unpaired) electrons. The Morgan fingerprint density at radius 2 is 1.38 bits per heavy atom. The summed E-state index contributed by atoms with van der Waals surface area (Å²) in [4.78, 5) is 37.3. The molecule has 1 saturated heterocycles. The van der Waals surface area contributed by atoms with E-state index in [1.54, 1.807) is 23.9 Å². The Balaban J connectivity index is 1.12. The highest BCUT2D eigenvalue weighted by atomic mass is 32.2. The van der Waals surface area contributed by atoms with E-state index in [2.05, 4.69) is 16.0 Å². The van der Waals surface area contributed by atoms with Crippen molar-refractivity contribution in [3.8, 4) is 0 Å². The number of hydrogen-bond acceptors (Lipinski definition) is 8. The molecule has 1 heterocycles. The third kappa shape index (κ3) is 11.2. The molecule has 1 aliphatic heterocycles. The van der Waals surface area contributed by atoms with Crippen LogP contribution in [-0.2, 0) is 30.5 Å². The summed E-state index contributed by atoms with van der Waals surface area (Å²) in [5.74, 6) is 0.411. The first-order valence-electron chi connectivity index (χ1n) is 16.8. The zero-order valence-electron chi connectivity index (χ0n) is 28.1. The Kier molecular flexibility index (Phi) is 13.4. The standard InChI is InChI=1S/C39H44N4O6S/c1-26(45)41-30-19-21-33(22-20-30)50-25-32-23-36(28-13-11-27(24-44)12-14-28)49-39(48-32)29-15-17-31(18-16-29)42-37(46)9-3-2-4-10-38(47)43-35-8-6-5-7-34(35)40/h5-8,11-22,32,36,39,44H,2-4,9-10,23-25,40H2,1H3,(H,41,45)(H,42,46)(H,43,47)/t32-,36+,39+/m1/s1. The number of rotatable bonds is 15. The zero-order chi connectivity index (χ0) is 35.3. The molecule has 1 aliphatic rings. The average molecular weight is 697 g/mol. The van der Waals surface area contributed by atoms with Crippen molar-refractivity contribution in [3.63, 3.8) is 0 Å². The number of carbonyl (C=O) groups is 3. The molecule has 0 unspecified atom stereocenters. The first-order chi connectivity index (χ1) is 24.2. The van der Waals surface area contributed by atoms with Crippen LogP contribution in [0.1, 0.15) is 74.5 Å². The van der Waals surface area contributed by atoms with E-state index in [1.807, 2.05) is 84.9 Å². The van der Waals surface area contributed by atoms with E-state index in [4.69, 9.17) is 15.2 Å². The first-order valence-corrected chi connectivity index (χ1v) is 17.8. The lowest BCUT2D eigenvalue weighted by Crippen LogP contribution is -2.31. The smallest absolute Gasteiger partial charge is 0.224 e. The Morgan fingerprint density at radius 1 is 0.760 bits per heavy atom. The van der Waals surface area contributed by atoms with Crippen molar-refractivity contribution < 1.29 is 29.0 Å². The molecule has 1 fully saturated rings. The van der Waals surface area contributed by atoms with Gasteiger partial charge in [-0.25, -0.2) is 0 Å². The summed E-state index contributed by atoms with van der Waals surface area (Å²) in [6.07, 6.45) is 2.56. The number of aliphatic hydroxyl groups excluding tert-OH is 1. The maximum atomic E-state index is 12.6. The van der Waals surface area contributed by atoms with E-state index < -0.39 is 6.29 Å². The summed E-state index contributed by atoms with van der Waals surface area (Å²) in [5.41, 5.74) is 11.1. The van der Waals surface area contributed by atoms with E-state index in [0.717, 1.165) is 33.7 Å². The number of nitrogen functional groups attached to an aromatic ring is 1. The first kappa shape index (κ1) is 36.6. The number of para-hydroxylation sites is 2. The van der Waals surface area contributed by atoms with Crippen LogP contribution < -0.4 is 21.7 Å². The number of anilines is 4. The van der Waals surface area contributed by atoms with Crippen LogP contribution in [0.25, 0.3) is 0 Å². The number of ether oxygens (including phenoxy) is 2. The van der Waals surface area contributed by atoms with Crippen molar-refractivity contribution in [2.75, 3.05) is 27.4 Å². The van der Waals surface area contributed by atoms with Gasteiger partial charge in [-0.05, 0) is 72.5 Å². The molecule has 3 atom stereocenters. The summed E-state index contributed by atoms with van der Waals surface area (Å²) in [6.45, 7) is 1.46. The fraction of sp³-hybridized carbons (Fsp3) is 0.308. The number of aliphatic hydroxyl groups is 1. The number of hydrogen-bond donors (Lipinski definition) is 5. The van der Waals surface area contributed by atoms with E-state index >= 15 is 0 Å². The third-order valence-electron chi connectivity index (χ3n) is 8.23. The molecule has 4 aromatic carbocycles. The van der Waals surface area contributed by atoms with Gasteiger partial charge in [-0.15, -0.1) is 11.8 Å². The molecule has 0 bridgehead atoms. The van der Waals surface area contributed by atoms with Crippen molar-refractivity contribution in [1.82, 2.24) is 0 Å². The fourth-order valence-electron chi connectivity index (χ4n) is 5.57. The minimum absolute atomic E-state index is 0.0232. The molecule has 262 valence electrons. The third-order valence-corrected chi connectivity index (χ3v) is 9.38. The van der Waals surface area contributed by atoms with Crippen molar-refractivity contribution in [1.29, 1.82) is 0 Å². The van der Waals surface area contributed by atoms with Crippen LogP contribution in [0.3, 0.4) is 0 Å². The van der Waals surface area contributed by atoms with Gasteiger partial charge >= 0.3 is 0 Å². The van der Waals surface area contributed by atoms with Crippen LogP contribution in [0.2, 0.25) is 0 Å². The lowest BCUT2D eigenvalue weighted by atomic mass is 10.0. The minimum atomic E-state index is -0.612. The molecular formula is C39H44N4O6S. The molecule has 50 heavy (non-hydrogen) atoms. The number of thioether (sulfide) groups is 1. The van der Waals surface area contributed by atoms with E-state index in [1.165, 1.54) is 6.92 Å². The van der Waals surface area contributed by atoms with Crippen molar-refractivity contribution >= 4 is 52.2 Å². The monoisotopic (exact) mass is 696 g/mol. The lowest BCUT2D eigenvalue weighted by molar-refractivity contribution is -0.245. The highest BCUT2D eigenvalue weighted by Crippen LogP contribution is 2.39. The predicted molar refractivity (Wildman–Crippen MR) is 198 cm³/mol. The van der Waals surface area contributed by atoms with Gasteiger partial charge in [0, 0.05) is 53.8 Å². The number of benzene rings is 4. The van der Waals surface area contributed by atoms with E-state index in [-0.39, 0.29) is 36.5 Å². The highest BCUT2D eigenvalue weighted by Gasteiger charge is 2.32. The molecule has 6 N–H and O–H groups in total. The number of nitrogens with two attached hydrogens (primary N) is 1. The number of carbonyl (C=O) groups excluding carboxylic acids is 3. The maximum Gasteiger partial charge on any atom is 0.224 e. The van der Waals surface area contributed by atoms with E-state index in [0.29, 0.717) is 54.9 Å². The predicted octanol–water partition coefficient (Wildman–Crippen LogP) is 7.58. The highest BCUT2D eigenvalue weighted by molar-refractivity contribution is 7.99. The number of nitrogens with one attached hydrogen (secondary N) is 3. The molecule has 0 aromatic heterocycles. The lowest BCUT2D eigenvalue weighted by Gasteiger charge is -2.36. The molecule has 0 saturated carbocycles. The van der Waals surface area contributed by atoms with Gasteiger partial charge < -0.3 is 36.3 Å². The minimum Gasteiger partial charge on any atom is -0.397 e. The Labute approximate surface area is 297 Å². The van der Waals surface area contributed by atoms with Gasteiger partial charge in [0.15, 0.2) is 6.29 Å². The van der Waals surface area contributed by atoms with Gasteiger partial charge in [0.25, 0.3) is 0 Å². The van der Waals surface area contributed by atoms with Crippen molar-refractivity contribution in [2.24, 2.45) is 0 Å². The Bertz CT molecular complexity index is 1720. The number of unbranched alkanes of at least 4 members (excludes halogenated alkanes) is 2. The second kappa shape index (κ2) is 18.4. The molecule has 0 aliphatic carbocycles. The van der Waals surface area contributed by atoms with Crippen LogP contribution >= 0.6 is 11.8 Å². The second-order valence-corrected chi connectivity index (χ2v) is 13.3. The summed E-state index contributed by atoms with van der Waals surface area (Å²) < 4.78 is 12.9. The van der Waals surface area contributed by atoms with Gasteiger partial charge in [-0.1, -0.05) is 55.0 Å². The van der Waals surface area contributed by atoms with Crippen LogP contribution in [0.15, 0.2) is 102 Å². The molecule has 5 rings (SSSR count). The summed E-state index contributed by atoms with van der Waals surface area (Å²) in [7, 11) is 0. The molecule has 4 aromatic rings. The molecular weight excluding hydrogens is 653 g/mol. The largest absolute Gasteiger partial charge is 0.397 e. The van der Waals surface area contributed by atoms with Gasteiger partial charge in [0.2, 0.25) is 17.7 Å². The van der Waals surface area contributed by atoms with Crippen LogP contribution in [0.4, 0.5) is 22.7 Å². The van der Waals surface area contributed by atoms with Crippen LogP contribution in [-0.4, -0.2) is 34.7 Å². The molecule has 10 nitrogen and oxygen atoms in total. The van der Waals surface area contributed by atoms with Gasteiger partial charge in [0.05, 0.1) is 30.2 Å². The van der Waals surface area contributed by atoms with Crippen molar-refractivity contribution in [3.05, 3.63) is 114 Å². The zero-order valence-corrected chi connectivity index (χ0v) is 28.9. The summed E-state index contributed by atoms with van der Waals surface area (Å²) in [5, 5.41) is 18.1. The number of amides is 3. The second-order valence-electron chi connectivity index (χ2n) is 12.2. The topological polar surface area (TPSA) is 152 Å². The summed E-state index contributed by atoms with van der Waals surface area (Å²) >= 11 is 1.68. The van der Waals surface area contributed by atoms with Crippen LogP contribution in [0.5, 0.6) is 0 Å². The van der Waals surface area contributed by atoms with E-state index in [9.17, 15) is 19.5 Å². The fourth-order valence-corrected chi connectivity index (χ4v) is 6.49. The molecule has 0 spiro atoms. The normalized spacial score (nSPS) is 17.1. The van der Waals surface area contributed by atoms with Gasteiger partial charge in [-0.3, -0.25) is 14.4 Å².